The molecule has 0 aromatic rings. The van der Waals surface area contributed by atoms with Gasteiger partial charge in [-0.3, -0.25) is 4.79 Å². The maximum Gasteiger partial charge on any atom is 0.309 e. The summed E-state index contributed by atoms with van der Waals surface area (Å²) in [5.74, 6) is 0.667. The van der Waals surface area contributed by atoms with Crippen LogP contribution < -0.4 is 0 Å². The molecule has 2 aliphatic carbocycles. The van der Waals surface area contributed by atoms with Gasteiger partial charge >= 0.3 is 5.97 Å². The van der Waals surface area contributed by atoms with Gasteiger partial charge in [-0.05, 0) is 36.0 Å². The lowest BCUT2D eigenvalue weighted by atomic mass is 9.70. The summed E-state index contributed by atoms with van der Waals surface area (Å²) in [5.41, 5.74) is 0.457. The van der Waals surface area contributed by atoms with E-state index in [-0.39, 0.29) is 28.8 Å². The van der Waals surface area contributed by atoms with Crippen LogP contribution in [-0.4, -0.2) is 12.1 Å². The number of carbonyl (C=O) groups is 1. The summed E-state index contributed by atoms with van der Waals surface area (Å²) >= 11 is 0. The van der Waals surface area contributed by atoms with Crippen molar-refractivity contribution in [2.75, 3.05) is 0 Å². The van der Waals surface area contributed by atoms with E-state index in [2.05, 4.69) is 41.5 Å². The lowest BCUT2D eigenvalue weighted by Gasteiger charge is -2.39. The molecule has 2 fully saturated rings. The quantitative estimate of drug-likeness (QED) is 0.691. The van der Waals surface area contributed by atoms with Gasteiger partial charge in [-0.2, -0.15) is 0 Å². The zero-order valence-corrected chi connectivity index (χ0v) is 13.7. The standard InChI is InChI=1S/C17H30O2/c1-11(15(2,3)4)14(18)19-13-10-12-8-9-17(13,7)16(12,5)6/h11-13H,8-10H2,1-7H3. The van der Waals surface area contributed by atoms with E-state index in [0.29, 0.717) is 5.41 Å². The van der Waals surface area contributed by atoms with Gasteiger partial charge in [-0.25, -0.2) is 0 Å². The highest BCUT2D eigenvalue weighted by molar-refractivity contribution is 5.73. The largest absolute Gasteiger partial charge is 0.462 e. The van der Waals surface area contributed by atoms with Crippen molar-refractivity contribution in [2.24, 2.45) is 28.1 Å². The summed E-state index contributed by atoms with van der Waals surface area (Å²) in [7, 11) is 0. The second-order valence-electron chi connectivity index (χ2n) is 8.62. The first kappa shape index (κ1) is 14.9. The lowest BCUT2D eigenvalue weighted by Crippen LogP contribution is -2.40. The van der Waals surface area contributed by atoms with Crippen LogP contribution in [0.5, 0.6) is 0 Å². The molecule has 0 aromatic heterocycles. The van der Waals surface area contributed by atoms with Crippen LogP contribution in [0, 0.1) is 28.1 Å². The summed E-state index contributed by atoms with van der Waals surface area (Å²) in [6.45, 7) is 15.3. The Labute approximate surface area is 118 Å². The number of hydrogen-bond acceptors (Lipinski definition) is 2. The van der Waals surface area contributed by atoms with Crippen molar-refractivity contribution in [3.05, 3.63) is 0 Å². The molecule has 0 radical (unpaired) electrons. The van der Waals surface area contributed by atoms with E-state index in [4.69, 9.17) is 4.74 Å². The molecule has 0 heterocycles. The summed E-state index contributed by atoms with van der Waals surface area (Å²) in [4.78, 5) is 12.4. The van der Waals surface area contributed by atoms with Crippen molar-refractivity contribution in [3.63, 3.8) is 0 Å². The van der Waals surface area contributed by atoms with Crippen molar-refractivity contribution in [2.45, 2.75) is 73.8 Å². The highest BCUT2D eigenvalue weighted by Crippen LogP contribution is 2.66. The predicted octanol–water partition coefficient (Wildman–Crippen LogP) is 4.43. The van der Waals surface area contributed by atoms with Crippen LogP contribution >= 0.6 is 0 Å². The molecule has 0 amide bonds. The molecule has 2 rings (SSSR count). The molecule has 2 bridgehead atoms. The molecule has 2 aliphatic rings. The van der Waals surface area contributed by atoms with Gasteiger partial charge in [0.25, 0.3) is 0 Å². The third-order valence-electron chi connectivity index (χ3n) is 6.62. The average Bonchev–Trinajstić information content (AvgIpc) is 2.59. The van der Waals surface area contributed by atoms with Gasteiger partial charge in [0.1, 0.15) is 6.10 Å². The van der Waals surface area contributed by atoms with Gasteiger partial charge in [0.2, 0.25) is 0 Å². The molecule has 0 saturated heterocycles. The van der Waals surface area contributed by atoms with E-state index in [1.54, 1.807) is 0 Å². The van der Waals surface area contributed by atoms with E-state index < -0.39 is 0 Å². The molecule has 0 aliphatic heterocycles. The van der Waals surface area contributed by atoms with Crippen molar-refractivity contribution in [1.82, 2.24) is 0 Å². The Bertz CT molecular complexity index is 377. The highest BCUT2D eigenvalue weighted by atomic mass is 16.5. The summed E-state index contributed by atoms with van der Waals surface area (Å²) < 4.78 is 5.93. The number of fused-ring (bicyclic) bond motifs is 2. The van der Waals surface area contributed by atoms with Crippen molar-refractivity contribution in [3.8, 4) is 0 Å². The molecule has 2 saturated carbocycles. The second kappa shape index (κ2) is 4.23. The van der Waals surface area contributed by atoms with Crippen LogP contribution in [0.3, 0.4) is 0 Å². The molecule has 2 heteroatoms. The van der Waals surface area contributed by atoms with Crippen LogP contribution in [-0.2, 0) is 9.53 Å². The molecule has 0 spiro atoms. The number of rotatable bonds is 2. The fraction of sp³-hybridized carbons (Fsp3) is 0.941. The predicted molar refractivity (Wildman–Crippen MR) is 77.7 cm³/mol. The fourth-order valence-corrected chi connectivity index (χ4v) is 3.90. The van der Waals surface area contributed by atoms with Gasteiger partial charge in [-0.1, -0.05) is 48.5 Å². The first-order valence-electron chi connectivity index (χ1n) is 7.70. The summed E-state index contributed by atoms with van der Waals surface area (Å²) in [6.07, 6.45) is 3.68. The minimum atomic E-state index is -0.0432. The molecule has 4 atom stereocenters. The molecule has 2 nitrogen and oxygen atoms in total. The number of carbonyl (C=O) groups excluding carboxylic acids is 1. The molecule has 110 valence electrons. The van der Waals surface area contributed by atoms with Gasteiger partial charge in [-0.15, -0.1) is 0 Å². The Hall–Kier alpha value is -0.530. The summed E-state index contributed by atoms with van der Waals surface area (Å²) in [5, 5.41) is 0. The zero-order valence-electron chi connectivity index (χ0n) is 13.7. The van der Waals surface area contributed by atoms with Crippen LogP contribution in [0.1, 0.15) is 67.7 Å². The molecule has 19 heavy (non-hydrogen) atoms. The van der Waals surface area contributed by atoms with E-state index in [9.17, 15) is 4.79 Å². The Balaban J connectivity index is 2.09. The first-order valence-corrected chi connectivity index (χ1v) is 7.70. The Kier molecular flexibility index (Phi) is 3.31. The number of ether oxygens (including phenoxy) is 1. The molecule has 0 N–H and O–H groups in total. The maximum atomic E-state index is 12.4. The van der Waals surface area contributed by atoms with Crippen LogP contribution in [0.15, 0.2) is 0 Å². The normalized spacial score (nSPS) is 38.3. The highest BCUT2D eigenvalue weighted by Gasteiger charge is 2.63. The average molecular weight is 266 g/mol. The minimum absolute atomic E-state index is 0.0120. The van der Waals surface area contributed by atoms with E-state index in [1.165, 1.54) is 12.8 Å². The number of esters is 1. The molecule has 4 unspecified atom stereocenters. The Morgan fingerprint density at radius 1 is 1.26 bits per heavy atom. The minimum Gasteiger partial charge on any atom is -0.462 e. The number of hydrogen-bond donors (Lipinski definition) is 0. The lowest BCUT2D eigenvalue weighted by molar-refractivity contribution is -0.164. The van der Waals surface area contributed by atoms with Gasteiger partial charge in [0.05, 0.1) is 5.92 Å². The summed E-state index contributed by atoms with van der Waals surface area (Å²) in [6, 6.07) is 0. The Morgan fingerprint density at radius 3 is 2.21 bits per heavy atom. The van der Waals surface area contributed by atoms with Crippen molar-refractivity contribution in [1.29, 1.82) is 0 Å². The molecule has 0 aromatic carbocycles. The van der Waals surface area contributed by atoms with Crippen LogP contribution in [0.25, 0.3) is 0 Å². The van der Waals surface area contributed by atoms with Gasteiger partial charge < -0.3 is 4.74 Å². The molecular formula is C17H30O2. The zero-order chi connectivity index (χ0) is 14.6. The monoisotopic (exact) mass is 266 g/mol. The fourth-order valence-electron chi connectivity index (χ4n) is 3.90. The van der Waals surface area contributed by atoms with Crippen LogP contribution in [0.2, 0.25) is 0 Å². The SMILES string of the molecule is CC(C(=O)OC1CC2CCC1(C)C2(C)C)C(C)(C)C. The van der Waals surface area contributed by atoms with E-state index in [1.807, 2.05) is 6.92 Å². The topological polar surface area (TPSA) is 26.3 Å². The van der Waals surface area contributed by atoms with E-state index in [0.717, 1.165) is 12.3 Å². The van der Waals surface area contributed by atoms with Crippen LogP contribution in [0.4, 0.5) is 0 Å². The second-order valence-corrected chi connectivity index (χ2v) is 8.62. The first-order chi connectivity index (χ1) is 8.50. The smallest absolute Gasteiger partial charge is 0.309 e. The van der Waals surface area contributed by atoms with E-state index >= 15 is 0 Å². The van der Waals surface area contributed by atoms with Gasteiger partial charge in [0.15, 0.2) is 0 Å². The van der Waals surface area contributed by atoms with Gasteiger partial charge in [0, 0.05) is 5.41 Å². The Morgan fingerprint density at radius 2 is 1.84 bits per heavy atom. The molecular weight excluding hydrogens is 236 g/mol. The van der Waals surface area contributed by atoms with Crippen molar-refractivity contribution >= 4 is 5.97 Å². The van der Waals surface area contributed by atoms with Crippen molar-refractivity contribution < 1.29 is 9.53 Å². The third kappa shape index (κ3) is 2.11. The maximum absolute atomic E-state index is 12.4. The third-order valence-corrected chi connectivity index (χ3v) is 6.62.